The Morgan fingerprint density at radius 3 is 2.33 bits per heavy atom. The lowest BCUT2D eigenvalue weighted by atomic mass is 9.91. The molecule has 1 saturated carbocycles. The number of allylic oxidation sites excluding steroid dienone is 1. The summed E-state index contributed by atoms with van der Waals surface area (Å²) in [5.41, 5.74) is 2.38. The molecule has 0 bridgehead atoms. The third-order valence-corrected chi connectivity index (χ3v) is 8.86. The molecule has 0 spiro atoms. The summed E-state index contributed by atoms with van der Waals surface area (Å²) >= 11 is 7.56. The van der Waals surface area contributed by atoms with Gasteiger partial charge in [-0.3, -0.25) is 0 Å². The minimum Gasteiger partial charge on any atom is -0.371 e. The molecule has 1 aromatic carbocycles. The van der Waals surface area contributed by atoms with Gasteiger partial charge in [-0.2, -0.15) is 0 Å². The molecule has 3 fully saturated rings. The monoisotopic (exact) mass is 486 g/mol. The second-order valence-corrected chi connectivity index (χ2v) is 11.3. The second kappa shape index (κ2) is 13.0. The molecular weight excluding hydrogens is 444 g/mol. The maximum Gasteiger partial charge on any atom is 0.175 e. The molecule has 182 valence electrons. The van der Waals surface area contributed by atoms with E-state index in [0.717, 1.165) is 37.2 Å². The normalized spacial score (nSPS) is 21.4. The molecule has 6 heteroatoms. The number of hydrogen-bond donors (Lipinski definition) is 2. The molecule has 0 atom stereocenters. The molecule has 3 aliphatic rings. The molecule has 1 aliphatic carbocycles. The zero-order valence-corrected chi connectivity index (χ0v) is 22.0. The minimum absolute atomic E-state index is 0.685. The lowest BCUT2D eigenvalue weighted by molar-refractivity contribution is 0.208. The van der Waals surface area contributed by atoms with E-state index in [9.17, 15) is 0 Å². The Morgan fingerprint density at radius 2 is 1.67 bits per heavy atom. The zero-order chi connectivity index (χ0) is 22.9. The molecule has 2 heterocycles. The number of rotatable bonds is 8. The Kier molecular flexibility index (Phi) is 9.81. The highest BCUT2D eigenvalue weighted by Gasteiger charge is 2.26. The van der Waals surface area contributed by atoms with E-state index in [0.29, 0.717) is 5.11 Å². The zero-order valence-electron chi connectivity index (χ0n) is 20.4. The third-order valence-electron chi connectivity index (χ3n) is 7.44. The first-order valence-corrected chi connectivity index (χ1v) is 14.6. The summed E-state index contributed by atoms with van der Waals surface area (Å²) in [7, 11) is 0. The molecule has 33 heavy (non-hydrogen) atoms. The highest BCUT2D eigenvalue weighted by molar-refractivity contribution is 8.03. The van der Waals surface area contributed by atoms with Crippen molar-refractivity contribution in [3.8, 4) is 0 Å². The first-order valence-electron chi connectivity index (χ1n) is 13.2. The van der Waals surface area contributed by atoms with Crippen molar-refractivity contribution < 1.29 is 0 Å². The van der Waals surface area contributed by atoms with E-state index in [1.54, 1.807) is 0 Å². The summed E-state index contributed by atoms with van der Waals surface area (Å²) in [5, 5.41) is 8.71. The summed E-state index contributed by atoms with van der Waals surface area (Å²) < 4.78 is 0. The lowest BCUT2D eigenvalue weighted by Gasteiger charge is -2.37. The average molecular weight is 487 g/mol. The van der Waals surface area contributed by atoms with Crippen molar-refractivity contribution in [2.24, 2.45) is 5.92 Å². The van der Waals surface area contributed by atoms with E-state index >= 15 is 0 Å². The maximum absolute atomic E-state index is 5.63. The van der Waals surface area contributed by atoms with E-state index < -0.39 is 0 Å². The van der Waals surface area contributed by atoms with Gasteiger partial charge in [0.25, 0.3) is 0 Å². The number of benzene rings is 1. The molecule has 0 aromatic heterocycles. The number of thioether (sulfide) groups is 1. The maximum atomic E-state index is 5.63. The fourth-order valence-corrected chi connectivity index (χ4v) is 7.02. The van der Waals surface area contributed by atoms with Crippen LogP contribution in [0.2, 0.25) is 0 Å². The Labute approximate surface area is 210 Å². The van der Waals surface area contributed by atoms with Gasteiger partial charge in [-0.05, 0) is 100 Å². The number of nitrogens with zero attached hydrogens (tertiary/aromatic N) is 2. The Bertz CT molecular complexity index is 759. The Balaban J connectivity index is 1.22. The summed E-state index contributed by atoms with van der Waals surface area (Å²) in [4.78, 5) is 5.25. The van der Waals surface area contributed by atoms with Crippen LogP contribution in [-0.2, 0) is 0 Å². The van der Waals surface area contributed by atoms with Gasteiger partial charge >= 0.3 is 0 Å². The van der Waals surface area contributed by atoms with Gasteiger partial charge in [0.2, 0.25) is 0 Å². The van der Waals surface area contributed by atoms with Crippen LogP contribution >= 0.6 is 24.0 Å². The Hall–Kier alpha value is -1.24. The summed E-state index contributed by atoms with van der Waals surface area (Å²) in [6, 6.07) is 9.60. The highest BCUT2D eigenvalue weighted by atomic mass is 32.2. The number of piperidine rings is 1. The molecule has 2 aliphatic heterocycles. The standard InChI is InChI=1S/C27H42N4S2/c1-2-8-26(33-21-22-9-4-3-5-10-22)29-27(32)28-23-11-13-24(14-12-23)31-19-15-25(16-20-31)30-17-6-7-18-30/h8,11-14,22,25H,2-7,9-10,15-21H2,1H3,(H2,28,29,32)/b26-8+. The van der Waals surface area contributed by atoms with Crippen LogP contribution in [0.4, 0.5) is 11.4 Å². The van der Waals surface area contributed by atoms with Gasteiger partial charge in [-0.15, -0.1) is 11.8 Å². The quantitative estimate of drug-likeness (QED) is 0.402. The summed E-state index contributed by atoms with van der Waals surface area (Å²) in [6.45, 7) is 7.14. The van der Waals surface area contributed by atoms with E-state index in [1.807, 2.05) is 11.8 Å². The minimum atomic E-state index is 0.685. The third kappa shape index (κ3) is 7.63. The van der Waals surface area contributed by atoms with Crippen LogP contribution in [0.25, 0.3) is 0 Å². The molecular formula is C27H42N4S2. The topological polar surface area (TPSA) is 30.5 Å². The molecule has 2 saturated heterocycles. The van der Waals surface area contributed by atoms with Crippen LogP contribution in [0.3, 0.4) is 0 Å². The molecule has 4 nitrogen and oxygen atoms in total. The van der Waals surface area contributed by atoms with E-state index in [2.05, 4.69) is 57.7 Å². The van der Waals surface area contributed by atoms with E-state index in [1.165, 1.54) is 87.3 Å². The SMILES string of the molecule is CC/C=C(\NC(=S)Nc1ccc(N2CCC(N3CCCC3)CC2)cc1)SCC1CCCCC1. The first kappa shape index (κ1) is 24.9. The summed E-state index contributed by atoms with van der Waals surface area (Å²) in [5.74, 6) is 2.06. The highest BCUT2D eigenvalue weighted by Crippen LogP contribution is 2.29. The van der Waals surface area contributed by atoms with Crippen molar-refractivity contribution in [3.63, 3.8) is 0 Å². The van der Waals surface area contributed by atoms with Gasteiger partial charge in [-0.25, -0.2) is 0 Å². The largest absolute Gasteiger partial charge is 0.371 e. The van der Waals surface area contributed by atoms with Crippen LogP contribution in [0.5, 0.6) is 0 Å². The number of likely N-dealkylation sites (tertiary alicyclic amines) is 1. The smallest absolute Gasteiger partial charge is 0.175 e. The molecule has 0 unspecified atom stereocenters. The molecule has 2 N–H and O–H groups in total. The fraction of sp³-hybridized carbons (Fsp3) is 0.667. The second-order valence-electron chi connectivity index (χ2n) is 9.88. The molecule has 1 aromatic rings. The molecule has 4 rings (SSSR count). The van der Waals surface area contributed by atoms with E-state index in [4.69, 9.17) is 12.2 Å². The van der Waals surface area contributed by atoms with Crippen molar-refractivity contribution >= 4 is 40.5 Å². The van der Waals surface area contributed by atoms with Crippen LogP contribution in [0.15, 0.2) is 35.4 Å². The number of nitrogens with one attached hydrogen (secondary N) is 2. The molecule has 0 amide bonds. The van der Waals surface area contributed by atoms with Gasteiger partial charge in [-0.1, -0.05) is 32.3 Å². The first-order chi connectivity index (χ1) is 16.2. The van der Waals surface area contributed by atoms with Crippen molar-refractivity contribution in [1.82, 2.24) is 10.2 Å². The fourth-order valence-electron chi connectivity index (χ4n) is 5.52. The lowest BCUT2D eigenvalue weighted by Crippen LogP contribution is -2.43. The number of hydrogen-bond acceptors (Lipinski definition) is 4. The number of anilines is 2. The predicted molar refractivity (Wildman–Crippen MR) is 149 cm³/mol. The van der Waals surface area contributed by atoms with Crippen molar-refractivity contribution in [3.05, 3.63) is 35.4 Å². The number of thiocarbonyl (C=S) groups is 1. The van der Waals surface area contributed by atoms with Crippen LogP contribution in [0, 0.1) is 5.92 Å². The van der Waals surface area contributed by atoms with E-state index in [-0.39, 0.29) is 0 Å². The van der Waals surface area contributed by atoms with Crippen LogP contribution in [0.1, 0.15) is 71.1 Å². The van der Waals surface area contributed by atoms with Crippen molar-refractivity contribution in [2.45, 2.75) is 77.2 Å². The van der Waals surface area contributed by atoms with Gasteiger partial charge < -0.3 is 20.4 Å². The van der Waals surface area contributed by atoms with Gasteiger partial charge in [0.1, 0.15) is 0 Å². The molecule has 0 radical (unpaired) electrons. The van der Waals surface area contributed by atoms with Gasteiger partial charge in [0.05, 0.1) is 5.03 Å². The van der Waals surface area contributed by atoms with Gasteiger partial charge in [0.15, 0.2) is 5.11 Å². The van der Waals surface area contributed by atoms with Crippen molar-refractivity contribution in [2.75, 3.05) is 42.1 Å². The van der Waals surface area contributed by atoms with Crippen LogP contribution in [-0.4, -0.2) is 48.0 Å². The predicted octanol–water partition coefficient (Wildman–Crippen LogP) is 6.60. The van der Waals surface area contributed by atoms with Crippen molar-refractivity contribution in [1.29, 1.82) is 0 Å². The van der Waals surface area contributed by atoms with Crippen LogP contribution < -0.4 is 15.5 Å². The average Bonchev–Trinajstić information content (AvgIpc) is 3.39. The van der Waals surface area contributed by atoms with Gasteiger partial charge in [0, 0.05) is 36.3 Å². The Morgan fingerprint density at radius 1 is 0.970 bits per heavy atom. The summed E-state index contributed by atoms with van der Waals surface area (Å²) in [6.07, 6.45) is 15.6.